The first kappa shape index (κ1) is 15.6. The zero-order chi connectivity index (χ0) is 17.4. The van der Waals surface area contributed by atoms with Crippen molar-refractivity contribution in [2.45, 2.75) is 32.4 Å². The normalized spacial score (nSPS) is 15.8. The molecule has 25 heavy (non-hydrogen) atoms. The maximum absolute atomic E-state index is 12.4. The molecule has 1 aliphatic heterocycles. The van der Waals surface area contributed by atoms with E-state index in [1.54, 1.807) is 27.7 Å². The van der Waals surface area contributed by atoms with Crippen molar-refractivity contribution in [3.8, 4) is 0 Å². The number of nitrogens with zero attached hydrogens (tertiary/aromatic N) is 5. The van der Waals surface area contributed by atoms with Gasteiger partial charge in [-0.15, -0.1) is 0 Å². The molecule has 1 N–H and O–H groups in total. The van der Waals surface area contributed by atoms with Gasteiger partial charge >= 0.3 is 5.69 Å². The summed E-state index contributed by atoms with van der Waals surface area (Å²) in [5.41, 5.74) is 1.26. The van der Waals surface area contributed by atoms with Crippen LogP contribution in [-0.4, -0.2) is 37.2 Å². The molecule has 4 rings (SSSR count). The molecule has 3 aromatic rings. The summed E-state index contributed by atoms with van der Waals surface area (Å²) in [5.74, 6) is 0.493. The number of H-pyrrole nitrogens is 1. The van der Waals surface area contributed by atoms with Gasteiger partial charge in [0.1, 0.15) is 0 Å². The molecule has 0 bridgehead atoms. The lowest BCUT2D eigenvalue weighted by Crippen LogP contribution is -2.40. The Kier molecular flexibility index (Phi) is 3.87. The number of pyridine rings is 1. The van der Waals surface area contributed by atoms with Crippen LogP contribution in [0.5, 0.6) is 0 Å². The molecule has 0 radical (unpaired) electrons. The number of nitrogens with one attached hydrogen (secondary N) is 1. The van der Waals surface area contributed by atoms with Crippen molar-refractivity contribution in [1.29, 1.82) is 0 Å². The third kappa shape index (κ3) is 2.63. The minimum absolute atomic E-state index is 0.0608. The van der Waals surface area contributed by atoms with Gasteiger partial charge in [0.15, 0.2) is 11.5 Å². The van der Waals surface area contributed by atoms with Gasteiger partial charge in [-0.25, -0.2) is 14.8 Å². The van der Waals surface area contributed by atoms with Crippen LogP contribution < -0.4 is 16.1 Å². The standard InChI is InChI=1S/C17H20N6O2/c1-2-21-11-8-19-15(16(21)24)22-9-5-12(6-10-22)23-14-13(20-17(23)25)4-3-7-18-14/h3-4,7-8,11-12H,2,5-6,9-10H2,1H3,(H,20,25). The highest BCUT2D eigenvalue weighted by Gasteiger charge is 2.26. The molecule has 1 saturated heterocycles. The fourth-order valence-electron chi connectivity index (χ4n) is 3.53. The van der Waals surface area contributed by atoms with E-state index in [-0.39, 0.29) is 17.3 Å². The molecule has 3 aromatic heterocycles. The van der Waals surface area contributed by atoms with E-state index < -0.39 is 0 Å². The number of piperidine rings is 1. The average Bonchev–Trinajstić information content (AvgIpc) is 2.98. The van der Waals surface area contributed by atoms with Crippen molar-refractivity contribution in [2.24, 2.45) is 0 Å². The highest BCUT2D eigenvalue weighted by molar-refractivity contribution is 5.70. The van der Waals surface area contributed by atoms with Crippen LogP contribution in [0.3, 0.4) is 0 Å². The number of hydrogen-bond acceptors (Lipinski definition) is 5. The molecule has 8 nitrogen and oxygen atoms in total. The van der Waals surface area contributed by atoms with E-state index in [2.05, 4.69) is 15.0 Å². The van der Waals surface area contributed by atoms with Crippen molar-refractivity contribution in [3.63, 3.8) is 0 Å². The summed E-state index contributed by atoms with van der Waals surface area (Å²) in [7, 11) is 0. The van der Waals surface area contributed by atoms with Crippen LogP contribution in [0.15, 0.2) is 40.3 Å². The smallest absolute Gasteiger partial charge is 0.327 e. The number of fused-ring (bicyclic) bond motifs is 1. The molecular formula is C17H20N6O2. The third-order valence-electron chi connectivity index (χ3n) is 4.84. The molecule has 0 aliphatic carbocycles. The lowest BCUT2D eigenvalue weighted by Gasteiger charge is -2.32. The minimum Gasteiger partial charge on any atom is -0.352 e. The summed E-state index contributed by atoms with van der Waals surface area (Å²) in [6.45, 7) is 3.94. The van der Waals surface area contributed by atoms with Gasteiger partial charge in [-0.2, -0.15) is 0 Å². The van der Waals surface area contributed by atoms with Crippen LogP contribution in [0.25, 0.3) is 11.2 Å². The Morgan fingerprint density at radius 3 is 2.76 bits per heavy atom. The summed E-state index contributed by atoms with van der Waals surface area (Å²) in [5, 5.41) is 0. The highest BCUT2D eigenvalue weighted by Crippen LogP contribution is 2.25. The molecule has 4 heterocycles. The molecule has 0 amide bonds. The Morgan fingerprint density at radius 1 is 1.20 bits per heavy atom. The van der Waals surface area contributed by atoms with E-state index in [4.69, 9.17) is 0 Å². The Morgan fingerprint density at radius 2 is 2.00 bits per heavy atom. The maximum Gasteiger partial charge on any atom is 0.327 e. The van der Waals surface area contributed by atoms with Gasteiger partial charge in [-0.3, -0.25) is 9.36 Å². The first-order valence-corrected chi connectivity index (χ1v) is 8.54. The van der Waals surface area contributed by atoms with E-state index in [0.29, 0.717) is 31.1 Å². The van der Waals surface area contributed by atoms with Gasteiger partial charge < -0.3 is 14.5 Å². The van der Waals surface area contributed by atoms with Crippen molar-refractivity contribution < 1.29 is 0 Å². The zero-order valence-corrected chi connectivity index (χ0v) is 14.1. The molecular weight excluding hydrogens is 320 g/mol. The summed E-state index contributed by atoms with van der Waals surface area (Å²) in [6, 6.07) is 3.74. The fourth-order valence-corrected chi connectivity index (χ4v) is 3.53. The number of rotatable bonds is 3. The minimum atomic E-state index is -0.127. The lowest BCUT2D eigenvalue weighted by atomic mass is 10.0. The molecule has 0 unspecified atom stereocenters. The van der Waals surface area contributed by atoms with Gasteiger partial charge in [0.25, 0.3) is 5.56 Å². The Labute approximate surface area is 143 Å². The van der Waals surface area contributed by atoms with E-state index in [9.17, 15) is 9.59 Å². The van der Waals surface area contributed by atoms with Gasteiger partial charge in [-0.1, -0.05) is 0 Å². The van der Waals surface area contributed by atoms with Crippen LogP contribution in [0.4, 0.5) is 5.82 Å². The molecule has 8 heteroatoms. The summed E-state index contributed by atoms with van der Waals surface area (Å²) < 4.78 is 3.40. The van der Waals surface area contributed by atoms with Crippen molar-refractivity contribution in [1.82, 2.24) is 24.1 Å². The Bertz CT molecular complexity index is 1010. The van der Waals surface area contributed by atoms with Gasteiger partial charge in [0.2, 0.25) is 0 Å². The summed E-state index contributed by atoms with van der Waals surface area (Å²) >= 11 is 0. The van der Waals surface area contributed by atoms with E-state index in [0.717, 1.165) is 18.4 Å². The van der Waals surface area contributed by atoms with Crippen LogP contribution in [0.2, 0.25) is 0 Å². The summed E-state index contributed by atoms with van der Waals surface area (Å²) in [4.78, 5) is 38.2. The van der Waals surface area contributed by atoms with Crippen LogP contribution in [0, 0.1) is 0 Å². The molecule has 1 aliphatic rings. The largest absolute Gasteiger partial charge is 0.352 e. The topological polar surface area (TPSA) is 88.8 Å². The maximum atomic E-state index is 12.4. The van der Waals surface area contributed by atoms with Gasteiger partial charge in [0, 0.05) is 44.3 Å². The van der Waals surface area contributed by atoms with E-state index in [1.807, 2.05) is 24.0 Å². The Balaban J connectivity index is 1.59. The van der Waals surface area contributed by atoms with Crippen LogP contribution in [0.1, 0.15) is 25.8 Å². The molecule has 0 spiro atoms. The molecule has 1 fully saturated rings. The quantitative estimate of drug-likeness (QED) is 0.772. The Hall–Kier alpha value is -2.90. The molecule has 130 valence electrons. The van der Waals surface area contributed by atoms with Crippen LogP contribution >= 0.6 is 0 Å². The van der Waals surface area contributed by atoms with E-state index in [1.165, 1.54) is 0 Å². The number of aromatic amines is 1. The number of imidazole rings is 1. The summed E-state index contributed by atoms with van der Waals surface area (Å²) in [6.07, 6.45) is 6.61. The van der Waals surface area contributed by atoms with Crippen molar-refractivity contribution >= 4 is 17.0 Å². The SMILES string of the molecule is CCn1ccnc(N2CCC(n3c(=O)[nH]c4cccnc43)CC2)c1=O. The van der Waals surface area contributed by atoms with Gasteiger partial charge in [0.05, 0.1) is 5.52 Å². The third-order valence-corrected chi connectivity index (χ3v) is 4.84. The predicted molar refractivity (Wildman–Crippen MR) is 95.0 cm³/mol. The lowest BCUT2D eigenvalue weighted by molar-refractivity contribution is 0.393. The highest BCUT2D eigenvalue weighted by atomic mass is 16.1. The van der Waals surface area contributed by atoms with Gasteiger partial charge in [-0.05, 0) is 31.9 Å². The number of anilines is 1. The van der Waals surface area contributed by atoms with Crippen molar-refractivity contribution in [3.05, 3.63) is 51.6 Å². The second-order valence-corrected chi connectivity index (χ2v) is 6.23. The zero-order valence-electron chi connectivity index (χ0n) is 14.1. The second-order valence-electron chi connectivity index (χ2n) is 6.23. The van der Waals surface area contributed by atoms with Crippen LogP contribution in [-0.2, 0) is 6.54 Å². The second kappa shape index (κ2) is 6.19. The molecule has 0 atom stereocenters. The number of hydrogen-bond donors (Lipinski definition) is 1. The van der Waals surface area contributed by atoms with Crippen molar-refractivity contribution in [2.75, 3.05) is 18.0 Å². The fraction of sp³-hybridized carbons (Fsp3) is 0.412. The average molecular weight is 340 g/mol. The monoisotopic (exact) mass is 340 g/mol. The number of aryl methyl sites for hydroxylation is 1. The number of aromatic nitrogens is 5. The van der Waals surface area contributed by atoms with E-state index >= 15 is 0 Å². The first-order valence-electron chi connectivity index (χ1n) is 8.54. The molecule has 0 aromatic carbocycles. The first-order chi connectivity index (χ1) is 12.2. The predicted octanol–water partition coefficient (Wildman–Crippen LogP) is 1.14. The molecule has 0 saturated carbocycles.